The fourth-order valence-corrected chi connectivity index (χ4v) is 3.48. The Labute approximate surface area is 129 Å². The van der Waals surface area contributed by atoms with Crippen LogP contribution in [0.1, 0.15) is 11.1 Å². The monoisotopic (exact) mass is 348 g/mol. The van der Waals surface area contributed by atoms with Crippen molar-refractivity contribution >= 4 is 38.7 Å². The van der Waals surface area contributed by atoms with E-state index in [1.165, 1.54) is 5.56 Å². The van der Waals surface area contributed by atoms with Gasteiger partial charge in [-0.25, -0.2) is 4.98 Å². The molecule has 3 rings (SSSR count). The number of rotatable bonds is 3. The van der Waals surface area contributed by atoms with Crippen molar-refractivity contribution in [3.8, 4) is 0 Å². The lowest BCUT2D eigenvalue weighted by Crippen LogP contribution is -1.85. The molecule has 0 atom stereocenters. The highest BCUT2D eigenvalue weighted by molar-refractivity contribution is 9.10. The molecule has 0 spiro atoms. The van der Waals surface area contributed by atoms with Crippen molar-refractivity contribution in [3.63, 3.8) is 0 Å². The Bertz CT molecular complexity index is 770. The van der Waals surface area contributed by atoms with E-state index in [0.717, 1.165) is 31.1 Å². The molecule has 0 aliphatic carbocycles. The number of imidazole rings is 1. The Kier molecular flexibility index (Phi) is 3.83. The predicted molar refractivity (Wildman–Crippen MR) is 85.0 cm³/mol. The first-order valence-electron chi connectivity index (χ1n) is 6.19. The molecular formula is C15H13BrN2OS. The van der Waals surface area contributed by atoms with Gasteiger partial charge in [-0.1, -0.05) is 39.8 Å². The van der Waals surface area contributed by atoms with Gasteiger partial charge in [0.25, 0.3) is 0 Å². The van der Waals surface area contributed by atoms with Crippen molar-refractivity contribution in [1.82, 2.24) is 9.97 Å². The van der Waals surface area contributed by atoms with Gasteiger partial charge in [-0.05, 0) is 42.3 Å². The maximum absolute atomic E-state index is 9.16. The number of hydrogen-bond acceptors (Lipinski definition) is 3. The molecular weight excluding hydrogens is 336 g/mol. The minimum absolute atomic E-state index is 0.0371. The first-order valence-corrected chi connectivity index (χ1v) is 7.80. The molecule has 0 fully saturated rings. The standard InChI is InChI=1S/C15H13BrN2OS/c1-9-2-5-13-14(6-9)18-15(17-13)20-11-4-3-10(8-19)12(16)7-11/h2-7,19H,8H2,1H3,(H,17,18). The van der Waals surface area contributed by atoms with Crippen molar-refractivity contribution in [3.05, 3.63) is 52.0 Å². The third kappa shape index (κ3) is 2.75. The Balaban J connectivity index is 1.90. The van der Waals surface area contributed by atoms with E-state index in [1.54, 1.807) is 11.8 Å². The van der Waals surface area contributed by atoms with Crippen LogP contribution in [0.2, 0.25) is 0 Å². The summed E-state index contributed by atoms with van der Waals surface area (Å²) in [6.07, 6.45) is 0. The van der Waals surface area contributed by atoms with E-state index in [9.17, 15) is 0 Å². The normalized spacial score (nSPS) is 11.2. The Morgan fingerprint density at radius 1 is 1.25 bits per heavy atom. The smallest absolute Gasteiger partial charge is 0.171 e. The SMILES string of the molecule is Cc1ccc2nc(Sc3ccc(CO)c(Br)c3)[nH]c2c1. The molecule has 1 heterocycles. The summed E-state index contributed by atoms with van der Waals surface area (Å²) >= 11 is 5.04. The number of aromatic amines is 1. The second kappa shape index (κ2) is 5.60. The van der Waals surface area contributed by atoms with Gasteiger partial charge >= 0.3 is 0 Å². The van der Waals surface area contributed by atoms with Gasteiger partial charge in [-0.3, -0.25) is 0 Å². The fourth-order valence-electron chi connectivity index (χ4n) is 1.98. The van der Waals surface area contributed by atoms with E-state index in [-0.39, 0.29) is 6.61 Å². The number of H-pyrrole nitrogens is 1. The number of nitrogens with zero attached hydrogens (tertiary/aromatic N) is 1. The average molecular weight is 349 g/mol. The summed E-state index contributed by atoms with van der Waals surface area (Å²) in [6, 6.07) is 12.1. The summed E-state index contributed by atoms with van der Waals surface area (Å²) in [6.45, 7) is 2.10. The molecule has 0 aliphatic heterocycles. The number of halogens is 1. The minimum atomic E-state index is 0.0371. The van der Waals surface area contributed by atoms with Gasteiger partial charge in [0.2, 0.25) is 0 Å². The quantitative estimate of drug-likeness (QED) is 0.742. The summed E-state index contributed by atoms with van der Waals surface area (Å²) < 4.78 is 0.914. The minimum Gasteiger partial charge on any atom is -0.392 e. The van der Waals surface area contributed by atoms with E-state index in [1.807, 2.05) is 24.3 Å². The van der Waals surface area contributed by atoms with Gasteiger partial charge in [0.1, 0.15) is 0 Å². The molecule has 0 bridgehead atoms. The van der Waals surface area contributed by atoms with Crippen molar-refractivity contribution in [2.24, 2.45) is 0 Å². The molecule has 3 aromatic rings. The molecule has 2 aromatic carbocycles. The first kappa shape index (κ1) is 13.7. The Morgan fingerprint density at radius 2 is 2.10 bits per heavy atom. The molecule has 0 saturated heterocycles. The summed E-state index contributed by atoms with van der Waals surface area (Å²) in [5.74, 6) is 0. The van der Waals surface area contributed by atoms with Crippen molar-refractivity contribution in [2.75, 3.05) is 0 Å². The van der Waals surface area contributed by atoms with Gasteiger partial charge in [0.05, 0.1) is 17.6 Å². The summed E-state index contributed by atoms with van der Waals surface area (Å²) in [7, 11) is 0. The maximum Gasteiger partial charge on any atom is 0.171 e. The van der Waals surface area contributed by atoms with Gasteiger partial charge in [-0.15, -0.1) is 0 Å². The molecule has 1 aromatic heterocycles. The molecule has 3 nitrogen and oxygen atoms in total. The third-order valence-electron chi connectivity index (χ3n) is 3.03. The molecule has 0 saturated carbocycles. The van der Waals surface area contributed by atoms with Gasteiger partial charge in [0, 0.05) is 9.37 Å². The molecule has 102 valence electrons. The number of aliphatic hydroxyl groups is 1. The largest absolute Gasteiger partial charge is 0.392 e. The number of hydrogen-bond donors (Lipinski definition) is 2. The van der Waals surface area contributed by atoms with Crippen LogP contribution in [-0.4, -0.2) is 15.1 Å². The fraction of sp³-hybridized carbons (Fsp3) is 0.133. The van der Waals surface area contributed by atoms with E-state index in [0.29, 0.717) is 0 Å². The zero-order valence-electron chi connectivity index (χ0n) is 10.9. The van der Waals surface area contributed by atoms with Gasteiger partial charge in [-0.2, -0.15) is 0 Å². The molecule has 20 heavy (non-hydrogen) atoms. The van der Waals surface area contributed by atoms with Crippen LogP contribution in [0.3, 0.4) is 0 Å². The van der Waals surface area contributed by atoms with E-state index in [2.05, 4.69) is 45.0 Å². The van der Waals surface area contributed by atoms with Crippen LogP contribution in [0.5, 0.6) is 0 Å². The highest BCUT2D eigenvalue weighted by Crippen LogP contribution is 2.30. The van der Waals surface area contributed by atoms with Crippen LogP contribution in [0.15, 0.2) is 50.9 Å². The Hall–Kier alpha value is -1.30. The third-order valence-corrected chi connectivity index (χ3v) is 4.64. The van der Waals surface area contributed by atoms with Crippen molar-refractivity contribution < 1.29 is 5.11 Å². The highest BCUT2D eigenvalue weighted by atomic mass is 79.9. The van der Waals surface area contributed by atoms with Crippen LogP contribution >= 0.6 is 27.7 Å². The molecule has 0 unspecified atom stereocenters. The van der Waals surface area contributed by atoms with Crippen LogP contribution < -0.4 is 0 Å². The molecule has 2 N–H and O–H groups in total. The van der Waals surface area contributed by atoms with Crippen LogP contribution in [-0.2, 0) is 6.61 Å². The summed E-state index contributed by atoms with van der Waals surface area (Å²) in [4.78, 5) is 8.96. The molecule has 0 amide bonds. The second-order valence-electron chi connectivity index (χ2n) is 4.58. The van der Waals surface area contributed by atoms with Gasteiger partial charge in [0.15, 0.2) is 5.16 Å². The van der Waals surface area contributed by atoms with Crippen LogP contribution in [0, 0.1) is 6.92 Å². The van der Waals surface area contributed by atoms with E-state index >= 15 is 0 Å². The van der Waals surface area contributed by atoms with E-state index < -0.39 is 0 Å². The molecule has 5 heteroatoms. The maximum atomic E-state index is 9.16. The number of aliphatic hydroxyl groups excluding tert-OH is 1. The van der Waals surface area contributed by atoms with E-state index in [4.69, 9.17) is 5.11 Å². The summed E-state index contributed by atoms with van der Waals surface area (Å²) in [5.41, 5.74) is 4.13. The van der Waals surface area contributed by atoms with Gasteiger partial charge < -0.3 is 10.1 Å². The second-order valence-corrected chi connectivity index (χ2v) is 6.49. The molecule has 0 aliphatic rings. The predicted octanol–water partition coefficient (Wildman–Crippen LogP) is 4.28. The number of aryl methyl sites for hydroxylation is 1. The molecule has 0 radical (unpaired) electrons. The number of nitrogens with one attached hydrogen (secondary N) is 1. The first-order chi connectivity index (χ1) is 9.65. The lowest BCUT2D eigenvalue weighted by molar-refractivity contribution is 0.281. The number of benzene rings is 2. The summed E-state index contributed by atoms with van der Waals surface area (Å²) in [5, 5.41) is 10.0. The van der Waals surface area contributed by atoms with Crippen molar-refractivity contribution in [2.45, 2.75) is 23.6 Å². The van der Waals surface area contributed by atoms with Crippen molar-refractivity contribution in [1.29, 1.82) is 0 Å². The number of fused-ring (bicyclic) bond motifs is 1. The van der Waals surface area contributed by atoms with Crippen LogP contribution in [0.25, 0.3) is 11.0 Å². The lowest BCUT2D eigenvalue weighted by atomic mass is 10.2. The average Bonchev–Trinajstić information content (AvgIpc) is 2.80. The lowest BCUT2D eigenvalue weighted by Gasteiger charge is -2.03. The number of aromatic nitrogens is 2. The Morgan fingerprint density at radius 3 is 2.85 bits per heavy atom. The zero-order valence-corrected chi connectivity index (χ0v) is 13.3. The highest BCUT2D eigenvalue weighted by Gasteiger charge is 2.06. The zero-order chi connectivity index (χ0) is 14.1. The van der Waals surface area contributed by atoms with Crippen LogP contribution in [0.4, 0.5) is 0 Å². The topological polar surface area (TPSA) is 48.9 Å².